The maximum absolute atomic E-state index is 12.4. The van der Waals surface area contributed by atoms with Crippen molar-refractivity contribution in [2.45, 2.75) is 12.0 Å². The van der Waals surface area contributed by atoms with E-state index in [9.17, 15) is 4.79 Å². The van der Waals surface area contributed by atoms with Crippen LogP contribution in [0, 0.1) is 5.92 Å². The van der Waals surface area contributed by atoms with E-state index < -0.39 is 5.54 Å². The molecule has 2 rings (SSSR count). The van der Waals surface area contributed by atoms with Crippen molar-refractivity contribution in [2.75, 3.05) is 20.7 Å². The Morgan fingerprint density at radius 2 is 2.17 bits per heavy atom. The summed E-state index contributed by atoms with van der Waals surface area (Å²) in [5, 5.41) is 0. The molecule has 0 N–H and O–H groups in total. The molecule has 1 fully saturated rings. The van der Waals surface area contributed by atoms with E-state index in [-0.39, 0.29) is 11.9 Å². The largest absolute Gasteiger partial charge is 0.467 e. The van der Waals surface area contributed by atoms with Crippen molar-refractivity contribution in [2.24, 2.45) is 5.92 Å². The Hall–Kier alpha value is -1.61. The maximum atomic E-state index is 12.4. The molecule has 0 bridgehead atoms. The van der Waals surface area contributed by atoms with Gasteiger partial charge in [0.1, 0.15) is 0 Å². The van der Waals surface area contributed by atoms with Crippen molar-refractivity contribution >= 4 is 5.97 Å². The van der Waals surface area contributed by atoms with Crippen LogP contribution in [0.5, 0.6) is 0 Å². The fraction of sp³-hybridized carbons (Fsp3) is 0.400. The topological polar surface area (TPSA) is 29.5 Å². The number of methoxy groups -OCH3 is 1. The molecule has 18 heavy (non-hydrogen) atoms. The predicted octanol–water partition coefficient (Wildman–Crippen LogP) is 2.19. The highest BCUT2D eigenvalue weighted by atomic mass is 16.5. The number of nitrogens with zero attached hydrogens (tertiary/aromatic N) is 1. The summed E-state index contributed by atoms with van der Waals surface area (Å²) in [4.78, 5) is 14.5. The minimum atomic E-state index is -0.724. The lowest BCUT2D eigenvalue weighted by Gasteiger charge is -2.37. The van der Waals surface area contributed by atoms with Gasteiger partial charge in [-0.15, -0.1) is 6.58 Å². The highest BCUT2D eigenvalue weighted by molar-refractivity contribution is 5.84. The maximum Gasteiger partial charge on any atom is 0.331 e. The van der Waals surface area contributed by atoms with Gasteiger partial charge in [0.05, 0.1) is 7.11 Å². The minimum absolute atomic E-state index is 0.0809. The van der Waals surface area contributed by atoms with Gasteiger partial charge in [0.25, 0.3) is 0 Å². The van der Waals surface area contributed by atoms with E-state index in [4.69, 9.17) is 4.74 Å². The molecule has 1 saturated heterocycles. The van der Waals surface area contributed by atoms with E-state index in [1.807, 2.05) is 43.5 Å². The lowest BCUT2D eigenvalue weighted by Crippen LogP contribution is -2.50. The van der Waals surface area contributed by atoms with Gasteiger partial charge in [0, 0.05) is 5.92 Å². The van der Waals surface area contributed by atoms with E-state index in [0.717, 1.165) is 18.5 Å². The van der Waals surface area contributed by atoms with Crippen molar-refractivity contribution in [1.82, 2.24) is 4.90 Å². The summed E-state index contributed by atoms with van der Waals surface area (Å²) in [6.07, 6.45) is 2.79. The summed E-state index contributed by atoms with van der Waals surface area (Å²) >= 11 is 0. The summed E-state index contributed by atoms with van der Waals surface area (Å²) in [5.74, 6) is -0.129. The highest BCUT2D eigenvalue weighted by Gasteiger charge is 2.53. The van der Waals surface area contributed by atoms with Gasteiger partial charge in [-0.05, 0) is 25.6 Å². The van der Waals surface area contributed by atoms with Crippen molar-refractivity contribution in [3.8, 4) is 0 Å². The van der Waals surface area contributed by atoms with Crippen LogP contribution in [0.15, 0.2) is 43.0 Å². The normalized spacial score (nSPS) is 28.0. The molecule has 2 atom stereocenters. The van der Waals surface area contributed by atoms with Gasteiger partial charge in [-0.3, -0.25) is 4.90 Å². The van der Waals surface area contributed by atoms with Crippen LogP contribution in [0.25, 0.3) is 0 Å². The van der Waals surface area contributed by atoms with E-state index in [0.29, 0.717) is 0 Å². The van der Waals surface area contributed by atoms with Crippen LogP contribution in [0.4, 0.5) is 0 Å². The minimum Gasteiger partial charge on any atom is -0.467 e. The number of hydrogen-bond donors (Lipinski definition) is 0. The molecule has 3 nitrogen and oxygen atoms in total. The summed E-state index contributed by atoms with van der Waals surface area (Å²) in [6, 6.07) is 9.81. The smallest absolute Gasteiger partial charge is 0.331 e. The molecule has 3 heteroatoms. The zero-order chi connectivity index (χ0) is 13.2. The van der Waals surface area contributed by atoms with Crippen LogP contribution in [0.3, 0.4) is 0 Å². The zero-order valence-corrected chi connectivity index (χ0v) is 10.9. The second-order valence-electron chi connectivity index (χ2n) is 4.68. The third-order valence-corrected chi connectivity index (χ3v) is 3.91. The number of likely N-dealkylation sites (N-methyl/N-ethyl adjacent to an activating group) is 1. The number of carbonyl (C=O) groups excluding carboxylic acids is 1. The van der Waals surface area contributed by atoms with E-state index in [1.54, 1.807) is 0 Å². The Morgan fingerprint density at radius 1 is 1.50 bits per heavy atom. The van der Waals surface area contributed by atoms with Crippen molar-refractivity contribution in [3.63, 3.8) is 0 Å². The quantitative estimate of drug-likeness (QED) is 0.604. The molecular weight excluding hydrogens is 226 g/mol. The Kier molecular flexibility index (Phi) is 3.53. The molecule has 0 spiro atoms. The number of likely N-dealkylation sites (tertiary alicyclic amines) is 1. The van der Waals surface area contributed by atoms with Crippen LogP contribution < -0.4 is 0 Å². The molecule has 0 saturated carbocycles. The first kappa shape index (κ1) is 12.8. The van der Waals surface area contributed by atoms with Crippen LogP contribution in [-0.2, 0) is 15.1 Å². The average molecular weight is 245 g/mol. The van der Waals surface area contributed by atoms with Crippen LogP contribution in [0.2, 0.25) is 0 Å². The SMILES string of the molecule is C=C[C@H]1CCN(C)[C@]1(C(=O)OC)c1ccccc1. The molecule has 0 unspecified atom stereocenters. The number of esters is 1. The first-order valence-electron chi connectivity index (χ1n) is 6.15. The molecular formula is C15H19NO2. The predicted molar refractivity (Wildman–Crippen MR) is 71.1 cm³/mol. The fourth-order valence-electron chi connectivity index (χ4n) is 3.00. The Bertz CT molecular complexity index is 443. The zero-order valence-electron chi connectivity index (χ0n) is 10.9. The van der Waals surface area contributed by atoms with E-state index in [1.165, 1.54) is 7.11 Å². The average Bonchev–Trinajstić information content (AvgIpc) is 2.76. The number of carbonyl (C=O) groups is 1. The fourth-order valence-corrected chi connectivity index (χ4v) is 3.00. The van der Waals surface area contributed by atoms with Crippen LogP contribution in [-0.4, -0.2) is 31.6 Å². The number of ether oxygens (including phenoxy) is 1. The molecule has 1 heterocycles. The summed E-state index contributed by atoms with van der Waals surface area (Å²) in [7, 11) is 3.41. The van der Waals surface area contributed by atoms with Gasteiger partial charge in [0.15, 0.2) is 5.54 Å². The Balaban J connectivity index is 2.60. The third kappa shape index (κ3) is 1.66. The first-order valence-corrected chi connectivity index (χ1v) is 6.15. The van der Waals surface area contributed by atoms with Crippen LogP contribution >= 0.6 is 0 Å². The summed E-state index contributed by atoms with van der Waals surface area (Å²) in [5.41, 5.74) is 0.249. The standard InChI is InChI=1S/C15H19NO2/c1-4-12-10-11-16(2)15(12,14(17)18-3)13-8-6-5-7-9-13/h4-9,12H,1,10-11H2,2-3H3/t12-,15-/m0/s1. The first-order chi connectivity index (χ1) is 8.67. The second-order valence-corrected chi connectivity index (χ2v) is 4.68. The second kappa shape index (κ2) is 4.94. The van der Waals surface area contributed by atoms with Gasteiger partial charge < -0.3 is 4.74 Å². The molecule has 0 amide bonds. The third-order valence-electron chi connectivity index (χ3n) is 3.91. The molecule has 0 radical (unpaired) electrons. The molecule has 96 valence electrons. The molecule has 0 aromatic heterocycles. The van der Waals surface area contributed by atoms with Crippen molar-refractivity contribution in [1.29, 1.82) is 0 Å². The number of hydrogen-bond acceptors (Lipinski definition) is 3. The Morgan fingerprint density at radius 3 is 2.72 bits per heavy atom. The Labute approximate surface area is 108 Å². The van der Waals surface area contributed by atoms with E-state index in [2.05, 4.69) is 11.5 Å². The molecule has 1 aliphatic rings. The van der Waals surface area contributed by atoms with Crippen LogP contribution in [0.1, 0.15) is 12.0 Å². The molecule has 0 aliphatic carbocycles. The number of benzene rings is 1. The van der Waals surface area contributed by atoms with Gasteiger partial charge in [0.2, 0.25) is 0 Å². The molecule has 1 aliphatic heterocycles. The lowest BCUT2D eigenvalue weighted by molar-refractivity contribution is -0.155. The number of rotatable bonds is 3. The summed E-state index contributed by atoms with van der Waals surface area (Å²) < 4.78 is 5.07. The highest BCUT2D eigenvalue weighted by Crippen LogP contribution is 2.44. The molecule has 1 aromatic carbocycles. The van der Waals surface area contributed by atoms with Gasteiger partial charge in [-0.25, -0.2) is 4.79 Å². The van der Waals surface area contributed by atoms with Crippen molar-refractivity contribution in [3.05, 3.63) is 48.6 Å². The van der Waals surface area contributed by atoms with Gasteiger partial charge in [-0.2, -0.15) is 0 Å². The summed E-state index contributed by atoms with van der Waals surface area (Å²) in [6.45, 7) is 4.74. The van der Waals surface area contributed by atoms with Gasteiger partial charge >= 0.3 is 5.97 Å². The van der Waals surface area contributed by atoms with Crippen molar-refractivity contribution < 1.29 is 9.53 Å². The van der Waals surface area contributed by atoms with E-state index >= 15 is 0 Å². The monoisotopic (exact) mass is 245 g/mol. The van der Waals surface area contributed by atoms with Gasteiger partial charge in [-0.1, -0.05) is 36.4 Å². The lowest BCUT2D eigenvalue weighted by atomic mass is 9.78. The molecule has 1 aromatic rings.